The van der Waals surface area contributed by atoms with Crippen LogP contribution in [0, 0.1) is 13.8 Å². The van der Waals surface area contributed by atoms with E-state index in [4.69, 9.17) is 5.11 Å². The summed E-state index contributed by atoms with van der Waals surface area (Å²) in [6.45, 7) is 4.16. The Hall–Kier alpha value is -1.87. The van der Waals surface area contributed by atoms with Gasteiger partial charge >= 0.3 is 5.97 Å². The Kier molecular flexibility index (Phi) is 3.63. The first-order valence-electron chi connectivity index (χ1n) is 5.64. The highest BCUT2D eigenvalue weighted by atomic mass is 32.1. The van der Waals surface area contributed by atoms with E-state index in [2.05, 4.69) is 32.0 Å². The van der Waals surface area contributed by atoms with E-state index in [1.165, 1.54) is 16.7 Å². The maximum Gasteiger partial charge on any atom is 0.328 e. The Morgan fingerprint density at radius 3 is 2.44 bits per heavy atom. The van der Waals surface area contributed by atoms with Crippen LogP contribution in [0.1, 0.15) is 16.0 Å². The summed E-state index contributed by atoms with van der Waals surface area (Å²) in [6, 6.07) is 10.4. The Labute approximate surface area is 110 Å². The van der Waals surface area contributed by atoms with Gasteiger partial charge in [0.1, 0.15) is 0 Å². The molecule has 0 amide bonds. The molecule has 0 saturated carbocycles. The Morgan fingerprint density at radius 2 is 1.83 bits per heavy atom. The Morgan fingerprint density at radius 1 is 1.17 bits per heavy atom. The van der Waals surface area contributed by atoms with Crippen molar-refractivity contribution in [1.29, 1.82) is 0 Å². The lowest BCUT2D eigenvalue weighted by Gasteiger charge is -2.02. The number of carboxylic acid groups (broad SMARTS) is 1. The van der Waals surface area contributed by atoms with E-state index in [0.29, 0.717) is 0 Å². The molecule has 1 aromatic heterocycles. The van der Waals surface area contributed by atoms with Crippen LogP contribution in [0.15, 0.2) is 36.4 Å². The van der Waals surface area contributed by atoms with E-state index >= 15 is 0 Å². The van der Waals surface area contributed by atoms with Crippen LogP contribution in [-0.4, -0.2) is 11.1 Å². The van der Waals surface area contributed by atoms with Crippen molar-refractivity contribution in [2.75, 3.05) is 0 Å². The van der Waals surface area contributed by atoms with Crippen molar-refractivity contribution in [3.8, 4) is 10.4 Å². The molecule has 2 nitrogen and oxygen atoms in total. The van der Waals surface area contributed by atoms with Gasteiger partial charge in [0.2, 0.25) is 0 Å². The molecule has 0 atom stereocenters. The zero-order valence-electron chi connectivity index (χ0n) is 10.3. The minimum atomic E-state index is -0.920. The lowest BCUT2D eigenvalue weighted by Crippen LogP contribution is -1.84. The van der Waals surface area contributed by atoms with Gasteiger partial charge in [0, 0.05) is 15.8 Å². The first-order valence-corrected chi connectivity index (χ1v) is 6.46. The van der Waals surface area contributed by atoms with Crippen LogP contribution < -0.4 is 0 Å². The van der Waals surface area contributed by atoms with Crippen LogP contribution in [0.3, 0.4) is 0 Å². The molecule has 0 radical (unpaired) electrons. The molecule has 0 bridgehead atoms. The second kappa shape index (κ2) is 5.19. The predicted molar refractivity (Wildman–Crippen MR) is 75.9 cm³/mol. The van der Waals surface area contributed by atoms with Gasteiger partial charge < -0.3 is 5.11 Å². The third-order valence-corrected chi connectivity index (χ3v) is 3.62. The second-order valence-corrected chi connectivity index (χ2v) is 5.37. The van der Waals surface area contributed by atoms with Crippen molar-refractivity contribution in [3.05, 3.63) is 52.4 Å². The van der Waals surface area contributed by atoms with Gasteiger partial charge in [-0.25, -0.2) is 4.79 Å². The summed E-state index contributed by atoms with van der Waals surface area (Å²) in [5.74, 6) is -0.920. The van der Waals surface area contributed by atoms with Crippen LogP contribution in [-0.2, 0) is 4.79 Å². The summed E-state index contributed by atoms with van der Waals surface area (Å²) in [6.07, 6.45) is 2.79. The molecule has 0 aliphatic rings. The number of benzene rings is 1. The summed E-state index contributed by atoms with van der Waals surface area (Å²) < 4.78 is 0. The largest absolute Gasteiger partial charge is 0.478 e. The van der Waals surface area contributed by atoms with Crippen molar-refractivity contribution in [1.82, 2.24) is 0 Å². The van der Waals surface area contributed by atoms with Gasteiger partial charge in [-0.05, 0) is 37.6 Å². The first kappa shape index (κ1) is 12.6. The van der Waals surface area contributed by atoms with Gasteiger partial charge in [0.05, 0.1) is 0 Å². The van der Waals surface area contributed by atoms with E-state index in [0.717, 1.165) is 15.8 Å². The minimum absolute atomic E-state index is 0.920. The fourth-order valence-electron chi connectivity index (χ4n) is 1.87. The monoisotopic (exact) mass is 258 g/mol. The van der Waals surface area contributed by atoms with Crippen molar-refractivity contribution >= 4 is 23.4 Å². The zero-order chi connectivity index (χ0) is 13.1. The third kappa shape index (κ3) is 3.08. The van der Waals surface area contributed by atoms with E-state index in [1.54, 1.807) is 17.4 Å². The molecule has 18 heavy (non-hydrogen) atoms. The fourth-order valence-corrected chi connectivity index (χ4v) is 2.77. The summed E-state index contributed by atoms with van der Waals surface area (Å²) in [7, 11) is 0. The van der Waals surface area contributed by atoms with E-state index in [-0.39, 0.29) is 0 Å². The zero-order valence-corrected chi connectivity index (χ0v) is 11.1. The van der Waals surface area contributed by atoms with Crippen LogP contribution in [0.5, 0.6) is 0 Å². The van der Waals surface area contributed by atoms with Gasteiger partial charge in [-0.1, -0.05) is 29.3 Å². The molecule has 1 N–H and O–H groups in total. The average Bonchev–Trinajstić information content (AvgIpc) is 2.73. The van der Waals surface area contributed by atoms with Gasteiger partial charge in [0.15, 0.2) is 0 Å². The number of rotatable bonds is 3. The van der Waals surface area contributed by atoms with Crippen molar-refractivity contribution in [2.24, 2.45) is 0 Å². The molecule has 0 aliphatic carbocycles. The molecule has 0 spiro atoms. The quantitative estimate of drug-likeness (QED) is 0.840. The predicted octanol–water partition coefficient (Wildman–Crippen LogP) is 4.13. The van der Waals surface area contributed by atoms with Gasteiger partial charge in [0.25, 0.3) is 0 Å². The number of thiophene rings is 1. The number of carbonyl (C=O) groups is 1. The lowest BCUT2D eigenvalue weighted by atomic mass is 10.1. The topological polar surface area (TPSA) is 37.3 Å². The fraction of sp³-hybridized carbons (Fsp3) is 0.133. The average molecular weight is 258 g/mol. The van der Waals surface area contributed by atoms with Crippen LogP contribution in [0.2, 0.25) is 0 Å². The smallest absolute Gasteiger partial charge is 0.328 e. The van der Waals surface area contributed by atoms with Gasteiger partial charge in [-0.2, -0.15) is 0 Å². The summed E-state index contributed by atoms with van der Waals surface area (Å²) in [5, 5.41) is 8.59. The van der Waals surface area contributed by atoms with E-state index in [9.17, 15) is 4.79 Å². The summed E-state index contributed by atoms with van der Waals surface area (Å²) in [5.41, 5.74) is 3.66. The van der Waals surface area contributed by atoms with Crippen LogP contribution >= 0.6 is 11.3 Å². The number of aliphatic carboxylic acids is 1. The van der Waals surface area contributed by atoms with Gasteiger partial charge in [-0.15, -0.1) is 11.3 Å². The van der Waals surface area contributed by atoms with E-state index < -0.39 is 5.97 Å². The molecule has 0 unspecified atom stereocenters. The first-order chi connectivity index (χ1) is 8.54. The highest BCUT2D eigenvalue weighted by Crippen LogP contribution is 2.30. The molecule has 0 fully saturated rings. The number of hydrogen-bond acceptors (Lipinski definition) is 2. The summed E-state index contributed by atoms with van der Waals surface area (Å²) in [4.78, 5) is 12.6. The molecule has 0 aliphatic heterocycles. The third-order valence-electron chi connectivity index (χ3n) is 2.52. The molecule has 3 heteroatoms. The molecule has 0 saturated heterocycles. The molecular formula is C15H14O2S. The molecule has 1 aromatic carbocycles. The van der Waals surface area contributed by atoms with Crippen LogP contribution in [0.25, 0.3) is 16.5 Å². The Bertz CT molecular complexity index is 588. The number of hydrogen-bond donors (Lipinski definition) is 1. The maximum atomic E-state index is 10.5. The maximum absolute atomic E-state index is 10.5. The SMILES string of the molecule is Cc1cc(C)cc(-c2ccc(/C=C/C(=O)O)s2)c1. The van der Waals surface area contributed by atoms with Crippen molar-refractivity contribution < 1.29 is 9.90 Å². The van der Waals surface area contributed by atoms with E-state index in [1.807, 2.05) is 12.1 Å². The number of carboxylic acids is 1. The standard InChI is InChI=1S/C15H14O2S/c1-10-7-11(2)9-12(8-10)14-5-3-13(18-14)4-6-15(16)17/h3-9H,1-2H3,(H,16,17)/b6-4+. The summed E-state index contributed by atoms with van der Waals surface area (Å²) >= 11 is 1.60. The Balaban J connectivity index is 2.32. The highest BCUT2D eigenvalue weighted by molar-refractivity contribution is 7.16. The molecule has 2 aromatic rings. The highest BCUT2D eigenvalue weighted by Gasteiger charge is 2.03. The molecule has 92 valence electrons. The molecular weight excluding hydrogens is 244 g/mol. The number of aryl methyl sites for hydroxylation is 2. The lowest BCUT2D eigenvalue weighted by molar-refractivity contribution is -0.131. The minimum Gasteiger partial charge on any atom is -0.478 e. The van der Waals surface area contributed by atoms with Crippen LogP contribution in [0.4, 0.5) is 0 Å². The molecule has 1 heterocycles. The van der Waals surface area contributed by atoms with Crippen molar-refractivity contribution in [3.63, 3.8) is 0 Å². The normalized spacial score (nSPS) is 11.0. The molecule has 2 rings (SSSR count). The second-order valence-electron chi connectivity index (χ2n) is 4.25. The van der Waals surface area contributed by atoms with Gasteiger partial charge in [-0.3, -0.25) is 0 Å². The van der Waals surface area contributed by atoms with Crippen molar-refractivity contribution in [2.45, 2.75) is 13.8 Å².